The SMILES string of the molecule is CCCCCCOC(=O)Nc1ccn([C@@H]2O[C@H](CO)[C@@H](OC(=O)CCCCCCC(=O)Nc3ccccc3)C2F)c(=O)n1. The molecule has 4 atom stereocenters. The Morgan fingerprint density at radius 3 is 2.42 bits per heavy atom. The van der Waals surface area contributed by atoms with Crippen LogP contribution in [0.3, 0.4) is 0 Å². The molecule has 12 nitrogen and oxygen atoms in total. The second-order valence-corrected chi connectivity index (χ2v) is 10.3. The molecule has 1 aliphatic rings. The molecular weight excluding hydrogens is 563 g/mol. The molecule has 2 amide bonds. The van der Waals surface area contributed by atoms with Crippen molar-refractivity contribution in [3.8, 4) is 0 Å². The largest absolute Gasteiger partial charge is 0.456 e. The van der Waals surface area contributed by atoms with E-state index in [9.17, 15) is 24.3 Å². The third kappa shape index (κ3) is 11.1. The highest BCUT2D eigenvalue weighted by Crippen LogP contribution is 2.33. The standard InChI is InChI=1S/C30H41FN4O8/c1-2-3-4-12-19-41-30(40)34-23-17-18-35(29(39)33-23)28-26(31)27(22(20-36)42-28)43-25(38)16-11-6-5-10-15-24(37)32-21-13-8-7-9-14-21/h7-9,13-14,17-18,22,26-28,36H,2-6,10-12,15-16,19-20H2,1H3,(H,32,37)(H,33,34,39,40)/t22-,26?,27-,28-/m1/s1. The van der Waals surface area contributed by atoms with Gasteiger partial charge in [-0.2, -0.15) is 4.98 Å². The average Bonchev–Trinajstić information content (AvgIpc) is 3.29. The van der Waals surface area contributed by atoms with Crippen molar-refractivity contribution in [2.75, 3.05) is 23.8 Å². The van der Waals surface area contributed by atoms with E-state index in [0.717, 1.165) is 42.4 Å². The normalized spacial score (nSPS) is 19.5. The molecule has 13 heteroatoms. The molecule has 1 fully saturated rings. The van der Waals surface area contributed by atoms with Crippen LogP contribution in [0.25, 0.3) is 0 Å². The number of halogens is 1. The fraction of sp³-hybridized carbons (Fsp3) is 0.567. The maximum Gasteiger partial charge on any atom is 0.412 e. The van der Waals surface area contributed by atoms with E-state index in [4.69, 9.17) is 14.2 Å². The number of amides is 2. The quantitative estimate of drug-likeness (QED) is 0.175. The smallest absolute Gasteiger partial charge is 0.412 e. The summed E-state index contributed by atoms with van der Waals surface area (Å²) in [4.78, 5) is 52.7. The zero-order valence-corrected chi connectivity index (χ0v) is 24.4. The third-order valence-corrected chi connectivity index (χ3v) is 6.87. The van der Waals surface area contributed by atoms with E-state index in [1.807, 2.05) is 30.3 Å². The molecule has 1 aromatic carbocycles. The van der Waals surface area contributed by atoms with Crippen molar-refractivity contribution in [3.05, 3.63) is 53.1 Å². The zero-order chi connectivity index (χ0) is 31.0. The molecule has 2 aromatic rings. The number of unbranched alkanes of at least 4 members (excludes halogenated alkanes) is 6. The number of para-hydroxylation sites is 1. The first kappa shape index (κ1) is 33.7. The molecule has 0 aliphatic carbocycles. The Morgan fingerprint density at radius 2 is 1.72 bits per heavy atom. The molecule has 3 rings (SSSR count). The second kappa shape index (κ2) is 18.0. The lowest BCUT2D eigenvalue weighted by atomic mass is 10.1. The number of nitrogens with one attached hydrogen (secondary N) is 2. The minimum atomic E-state index is -1.95. The number of ether oxygens (including phenoxy) is 3. The number of esters is 1. The summed E-state index contributed by atoms with van der Waals surface area (Å²) >= 11 is 0. The van der Waals surface area contributed by atoms with Crippen LogP contribution in [0, 0.1) is 0 Å². The molecule has 2 heterocycles. The van der Waals surface area contributed by atoms with Gasteiger partial charge in [-0.25, -0.2) is 14.0 Å². The average molecular weight is 605 g/mol. The van der Waals surface area contributed by atoms with E-state index in [2.05, 4.69) is 22.5 Å². The van der Waals surface area contributed by atoms with Crippen LogP contribution in [-0.2, 0) is 23.8 Å². The maximum absolute atomic E-state index is 15.3. The second-order valence-electron chi connectivity index (χ2n) is 10.3. The molecule has 43 heavy (non-hydrogen) atoms. The molecule has 0 saturated carbocycles. The fourth-order valence-electron chi connectivity index (χ4n) is 4.58. The minimum absolute atomic E-state index is 0.0266. The van der Waals surface area contributed by atoms with Crippen LogP contribution in [0.1, 0.15) is 77.4 Å². The van der Waals surface area contributed by atoms with Crippen LogP contribution in [-0.4, -0.2) is 64.2 Å². The summed E-state index contributed by atoms with van der Waals surface area (Å²) in [5.74, 6) is -0.816. The van der Waals surface area contributed by atoms with Crippen molar-refractivity contribution in [2.24, 2.45) is 0 Å². The molecule has 1 aliphatic heterocycles. The maximum atomic E-state index is 15.3. The van der Waals surface area contributed by atoms with Gasteiger partial charge in [0.2, 0.25) is 5.91 Å². The number of aromatic nitrogens is 2. The fourth-order valence-corrected chi connectivity index (χ4v) is 4.58. The number of carbonyl (C=O) groups is 3. The number of aliphatic hydroxyl groups is 1. The molecule has 0 spiro atoms. The van der Waals surface area contributed by atoms with Crippen molar-refractivity contribution >= 4 is 29.5 Å². The lowest BCUT2D eigenvalue weighted by molar-refractivity contribution is -0.155. The van der Waals surface area contributed by atoms with Crippen LogP contribution in [0.4, 0.5) is 20.7 Å². The van der Waals surface area contributed by atoms with Crippen molar-refractivity contribution in [2.45, 2.75) is 95.7 Å². The van der Waals surface area contributed by atoms with E-state index in [0.29, 0.717) is 25.7 Å². The lowest BCUT2D eigenvalue weighted by Gasteiger charge is -2.18. The van der Waals surface area contributed by atoms with Crippen molar-refractivity contribution < 1.29 is 38.1 Å². The van der Waals surface area contributed by atoms with Gasteiger partial charge in [-0.1, -0.05) is 57.2 Å². The van der Waals surface area contributed by atoms with Gasteiger partial charge in [0.1, 0.15) is 11.9 Å². The highest BCUT2D eigenvalue weighted by Gasteiger charge is 2.48. The number of alkyl halides is 1. The van der Waals surface area contributed by atoms with Crippen LogP contribution >= 0.6 is 0 Å². The van der Waals surface area contributed by atoms with Gasteiger partial charge in [0.15, 0.2) is 18.5 Å². The molecule has 3 N–H and O–H groups in total. The monoisotopic (exact) mass is 604 g/mol. The Kier molecular flexibility index (Phi) is 14.1. The number of hydrogen-bond acceptors (Lipinski definition) is 9. The number of benzene rings is 1. The Labute approximate surface area is 249 Å². The van der Waals surface area contributed by atoms with Gasteiger partial charge in [0.25, 0.3) is 0 Å². The van der Waals surface area contributed by atoms with Gasteiger partial charge >= 0.3 is 17.8 Å². The summed E-state index contributed by atoms with van der Waals surface area (Å²) in [6.07, 6.45) is 1.08. The van der Waals surface area contributed by atoms with Gasteiger partial charge in [-0.05, 0) is 37.5 Å². The summed E-state index contributed by atoms with van der Waals surface area (Å²) in [5, 5.41) is 14.9. The summed E-state index contributed by atoms with van der Waals surface area (Å²) in [7, 11) is 0. The molecule has 1 unspecified atom stereocenters. The van der Waals surface area contributed by atoms with E-state index in [1.54, 1.807) is 0 Å². The van der Waals surface area contributed by atoms with Crippen molar-refractivity contribution in [3.63, 3.8) is 0 Å². The molecule has 1 aromatic heterocycles. The van der Waals surface area contributed by atoms with Crippen LogP contribution in [0.15, 0.2) is 47.4 Å². The summed E-state index contributed by atoms with van der Waals surface area (Å²) in [6, 6.07) is 10.4. The van der Waals surface area contributed by atoms with Crippen LogP contribution < -0.4 is 16.3 Å². The number of hydrogen-bond donors (Lipinski definition) is 3. The van der Waals surface area contributed by atoms with Gasteiger partial charge in [-0.3, -0.25) is 19.5 Å². The van der Waals surface area contributed by atoms with Gasteiger partial charge in [-0.15, -0.1) is 0 Å². The first-order chi connectivity index (χ1) is 20.8. The summed E-state index contributed by atoms with van der Waals surface area (Å²) in [6.45, 7) is 1.67. The Bertz CT molecular complexity index is 1230. The number of rotatable bonds is 17. The Balaban J connectivity index is 1.40. The van der Waals surface area contributed by atoms with E-state index in [1.165, 1.54) is 12.3 Å². The van der Waals surface area contributed by atoms with E-state index >= 15 is 4.39 Å². The highest BCUT2D eigenvalue weighted by atomic mass is 19.1. The predicted octanol–water partition coefficient (Wildman–Crippen LogP) is 4.49. The third-order valence-electron chi connectivity index (χ3n) is 6.87. The van der Waals surface area contributed by atoms with E-state index in [-0.39, 0.29) is 24.8 Å². The summed E-state index contributed by atoms with van der Waals surface area (Å²) < 4.78 is 32.1. The summed E-state index contributed by atoms with van der Waals surface area (Å²) in [5.41, 5.74) is -0.171. The first-order valence-corrected chi connectivity index (χ1v) is 14.8. The predicted molar refractivity (Wildman–Crippen MR) is 156 cm³/mol. The minimum Gasteiger partial charge on any atom is -0.456 e. The van der Waals surface area contributed by atoms with Gasteiger partial charge in [0.05, 0.1) is 13.2 Å². The Morgan fingerprint density at radius 1 is 1.00 bits per heavy atom. The number of aliphatic hydroxyl groups excluding tert-OH is 1. The topological polar surface area (TPSA) is 158 Å². The van der Waals surface area contributed by atoms with Crippen molar-refractivity contribution in [1.82, 2.24) is 9.55 Å². The first-order valence-electron chi connectivity index (χ1n) is 14.8. The lowest BCUT2D eigenvalue weighted by Crippen LogP contribution is -2.37. The molecule has 236 valence electrons. The molecule has 0 bridgehead atoms. The van der Waals surface area contributed by atoms with Crippen LogP contribution in [0.5, 0.6) is 0 Å². The highest BCUT2D eigenvalue weighted by molar-refractivity contribution is 5.90. The number of anilines is 2. The number of carbonyl (C=O) groups excluding carboxylic acids is 3. The zero-order valence-electron chi connectivity index (χ0n) is 24.4. The van der Waals surface area contributed by atoms with Gasteiger partial charge < -0.3 is 24.6 Å². The van der Waals surface area contributed by atoms with Crippen LogP contribution in [0.2, 0.25) is 0 Å². The molecule has 0 radical (unpaired) electrons. The van der Waals surface area contributed by atoms with Gasteiger partial charge in [0, 0.05) is 24.7 Å². The van der Waals surface area contributed by atoms with E-state index < -0.39 is 49.0 Å². The molecular formula is C30H41FN4O8. The molecule has 1 saturated heterocycles. The Hall–Kier alpha value is -3.84. The van der Waals surface area contributed by atoms with Crippen molar-refractivity contribution in [1.29, 1.82) is 0 Å². The number of nitrogens with zero attached hydrogens (tertiary/aromatic N) is 2.